The Balaban J connectivity index is 1.65. The van der Waals surface area contributed by atoms with Crippen molar-refractivity contribution in [3.8, 4) is 5.75 Å². The number of carbonyl (C=O) groups is 1. The summed E-state index contributed by atoms with van der Waals surface area (Å²) >= 11 is 0. The van der Waals surface area contributed by atoms with Crippen LogP contribution in [0.5, 0.6) is 5.75 Å². The molecule has 0 unspecified atom stereocenters. The molecule has 0 bridgehead atoms. The summed E-state index contributed by atoms with van der Waals surface area (Å²) in [5.74, 6) is -0.653. The van der Waals surface area contributed by atoms with Gasteiger partial charge in [-0.15, -0.1) is 5.10 Å². The molecule has 0 saturated carbocycles. The number of phenolic OH excluding ortho intramolecular Hbond substituents is 1. The van der Waals surface area contributed by atoms with Crippen LogP contribution in [-0.2, 0) is 11.2 Å². The van der Waals surface area contributed by atoms with Gasteiger partial charge in [-0.05, 0) is 35.0 Å². The molecule has 0 aliphatic carbocycles. The van der Waals surface area contributed by atoms with Gasteiger partial charge in [0.05, 0.1) is 6.42 Å². The molecular weight excluding hydrogens is 326 g/mol. The molecule has 2 heterocycles. The third-order valence-electron chi connectivity index (χ3n) is 3.66. The van der Waals surface area contributed by atoms with Crippen molar-refractivity contribution in [3.05, 3.63) is 64.5 Å². The molecule has 0 saturated heterocycles. The normalized spacial score (nSPS) is 11.0. The molecular formula is C17H11N3O5. The number of phenols is 1. The highest BCUT2D eigenvalue weighted by Crippen LogP contribution is 2.22. The van der Waals surface area contributed by atoms with Gasteiger partial charge in [0.1, 0.15) is 22.4 Å². The van der Waals surface area contributed by atoms with Gasteiger partial charge in [0.15, 0.2) is 0 Å². The van der Waals surface area contributed by atoms with Crippen LogP contribution in [0.2, 0.25) is 0 Å². The average molecular weight is 337 g/mol. The summed E-state index contributed by atoms with van der Waals surface area (Å²) in [6.45, 7) is 0. The summed E-state index contributed by atoms with van der Waals surface area (Å²) in [6.07, 6.45) is -0.166. The van der Waals surface area contributed by atoms with Crippen LogP contribution in [0.4, 0.5) is 0 Å². The molecule has 4 rings (SSSR count). The minimum Gasteiger partial charge on any atom is -0.508 e. The quantitative estimate of drug-likeness (QED) is 0.445. The summed E-state index contributed by atoms with van der Waals surface area (Å²) in [6, 6.07) is 12.6. The third-order valence-corrected chi connectivity index (χ3v) is 3.66. The van der Waals surface area contributed by atoms with E-state index in [1.165, 1.54) is 18.2 Å². The van der Waals surface area contributed by atoms with Crippen molar-refractivity contribution in [2.45, 2.75) is 6.42 Å². The largest absolute Gasteiger partial charge is 0.508 e. The molecule has 2 aromatic heterocycles. The Bertz CT molecular complexity index is 1160. The van der Waals surface area contributed by atoms with E-state index in [1.54, 1.807) is 30.3 Å². The molecule has 0 fully saturated rings. The van der Waals surface area contributed by atoms with Gasteiger partial charge in [-0.1, -0.05) is 17.0 Å². The van der Waals surface area contributed by atoms with Crippen LogP contribution in [0.15, 0.2) is 57.7 Å². The highest BCUT2D eigenvalue weighted by Gasteiger charge is 2.14. The van der Waals surface area contributed by atoms with Crippen molar-refractivity contribution >= 4 is 28.0 Å². The van der Waals surface area contributed by atoms with Gasteiger partial charge >= 0.3 is 11.6 Å². The van der Waals surface area contributed by atoms with E-state index in [1.807, 2.05) is 0 Å². The molecule has 8 heteroatoms. The molecule has 25 heavy (non-hydrogen) atoms. The molecule has 0 radical (unpaired) electrons. The fourth-order valence-electron chi connectivity index (χ4n) is 2.56. The molecule has 4 aromatic rings. The average Bonchev–Trinajstić information content (AvgIpc) is 2.97. The van der Waals surface area contributed by atoms with Gasteiger partial charge in [-0.3, -0.25) is 0 Å². The van der Waals surface area contributed by atoms with E-state index in [-0.39, 0.29) is 17.8 Å². The van der Waals surface area contributed by atoms with E-state index >= 15 is 0 Å². The first-order valence-electron chi connectivity index (χ1n) is 7.37. The Hall–Kier alpha value is -3.68. The van der Waals surface area contributed by atoms with E-state index < -0.39 is 11.6 Å². The number of aromatic hydroxyl groups is 1. The number of nitrogens with zero attached hydrogens (tertiary/aromatic N) is 3. The van der Waals surface area contributed by atoms with Gasteiger partial charge in [-0.25, -0.2) is 9.59 Å². The first-order chi connectivity index (χ1) is 12.1. The zero-order chi connectivity index (χ0) is 17.4. The maximum absolute atomic E-state index is 12.3. The topological polar surface area (TPSA) is 107 Å². The van der Waals surface area contributed by atoms with Crippen LogP contribution in [0, 0.1) is 0 Å². The summed E-state index contributed by atoms with van der Waals surface area (Å²) < 4.78 is 5.03. The lowest BCUT2D eigenvalue weighted by atomic mass is 10.1. The lowest BCUT2D eigenvalue weighted by molar-refractivity contribution is -0.144. The van der Waals surface area contributed by atoms with Crippen LogP contribution < -0.4 is 10.5 Å². The van der Waals surface area contributed by atoms with Crippen LogP contribution in [0.3, 0.4) is 0 Å². The number of carbonyl (C=O) groups excluding carboxylic acids is 1. The van der Waals surface area contributed by atoms with Gasteiger partial charge in [-0.2, -0.15) is 0 Å². The first kappa shape index (κ1) is 14.9. The Morgan fingerprint density at radius 2 is 2.04 bits per heavy atom. The van der Waals surface area contributed by atoms with E-state index in [0.717, 1.165) is 4.85 Å². The Kier molecular flexibility index (Phi) is 3.42. The number of aromatic nitrogens is 3. The Morgan fingerprint density at radius 3 is 2.92 bits per heavy atom. The molecule has 124 valence electrons. The van der Waals surface area contributed by atoms with Crippen LogP contribution in [0.1, 0.15) is 5.56 Å². The molecule has 0 atom stereocenters. The highest BCUT2D eigenvalue weighted by molar-refractivity contribution is 5.86. The highest BCUT2D eigenvalue weighted by atomic mass is 16.7. The first-order valence-corrected chi connectivity index (χ1v) is 7.37. The van der Waals surface area contributed by atoms with E-state index in [9.17, 15) is 14.7 Å². The predicted octanol–water partition coefficient (Wildman–Crippen LogP) is 1.44. The molecule has 0 amide bonds. The maximum Gasteiger partial charge on any atom is 0.339 e. The van der Waals surface area contributed by atoms with Crippen molar-refractivity contribution < 1.29 is 19.2 Å². The molecule has 0 aliphatic heterocycles. The molecule has 8 nitrogen and oxygen atoms in total. The lowest BCUT2D eigenvalue weighted by Gasteiger charge is -2.06. The summed E-state index contributed by atoms with van der Waals surface area (Å²) in [5.41, 5.74) is 1.16. The number of benzene rings is 2. The van der Waals surface area contributed by atoms with E-state index in [2.05, 4.69) is 10.3 Å². The second-order valence-electron chi connectivity index (χ2n) is 5.36. The van der Waals surface area contributed by atoms with Crippen LogP contribution in [0.25, 0.3) is 22.0 Å². The van der Waals surface area contributed by atoms with Crippen LogP contribution in [-0.4, -0.2) is 26.2 Å². The minimum atomic E-state index is -0.618. The summed E-state index contributed by atoms with van der Waals surface area (Å²) in [5, 5.41) is 17.7. The van der Waals surface area contributed by atoms with E-state index in [4.69, 9.17) is 9.25 Å². The third kappa shape index (κ3) is 2.80. The van der Waals surface area contributed by atoms with E-state index in [0.29, 0.717) is 22.0 Å². The zero-order valence-corrected chi connectivity index (χ0v) is 12.7. The van der Waals surface area contributed by atoms with Crippen LogP contribution >= 0.6 is 0 Å². The van der Waals surface area contributed by atoms with Gasteiger partial charge in [0.2, 0.25) is 0 Å². The number of rotatable bonds is 3. The lowest BCUT2D eigenvalue weighted by Crippen LogP contribution is -2.23. The van der Waals surface area contributed by atoms with Gasteiger partial charge in [0, 0.05) is 17.5 Å². The Labute approximate surface area is 139 Å². The van der Waals surface area contributed by atoms with Crippen molar-refractivity contribution in [2.75, 3.05) is 0 Å². The Morgan fingerprint density at radius 1 is 1.20 bits per heavy atom. The zero-order valence-electron chi connectivity index (χ0n) is 12.7. The van der Waals surface area contributed by atoms with Crippen molar-refractivity contribution in [1.82, 2.24) is 15.2 Å². The number of para-hydroxylation sites is 1. The summed E-state index contributed by atoms with van der Waals surface area (Å²) in [7, 11) is 0. The number of fused-ring (bicyclic) bond motifs is 2. The monoisotopic (exact) mass is 337 g/mol. The van der Waals surface area contributed by atoms with Crippen molar-refractivity contribution in [2.24, 2.45) is 0 Å². The molecule has 0 spiro atoms. The second-order valence-corrected chi connectivity index (χ2v) is 5.36. The predicted molar refractivity (Wildman–Crippen MR) is 87.0 cm³/mol. The maximum atomic E-state index is 12.3. The van der Waals surface area contributed by atoms with Gasteiger partial charge in [0.25, 0.3) is 0 Å². The molecule has 0 aliphatic rings. The minimum absolute atomic E-state index is 0.0375. The SMILES string of the molecule is O=C(Cc1cc(=O)oc2cc(O)ccc12)On1nnc2ccccc21. The number of hydrogen-bond donors (Lipinski definition) is 1. The smallest absolute Gasteiger partial charge is 0.339 e. The van der Waals surface area contributed by atoms with Crippen molar-refractivity contribution in [1.29, 1.82) is 0 Å². The van der Waals surface area contributed by atoms with Crippen molar-refractivity contribution in [3.63, 3.8) is 0 Å². The standard InChI is InChI=1S/C17H11N3O5/c21-11-5-6-12-10(7-16(22)24-15(12)9-11)8-17(23)25-20-14-4-2-1-3-13(14)18-19-20/h1-7,9,21H,8H2. The number of hydrogen-bond acceptors (Lipinski definition) is 7. The molecule has 2 aromatic carbocycles. The fourth-order valence-corrected chi connectivity index (χ4v) is 2.56. The summed E-state index contributed by atoms with van der Waals surface area (Å²) in [4.78, 5) is 30.2. The molecule has 1 N–H and O–H groups in total. The van der Waals surface area contributed by atoms with Gasteiger partial charge < -0.3 is 14.4 Å². The second kappa shape index (κ2) is 5.75. The fraction of sp³-hybridized carbons (Fsp3) is 0.0588.